The van der Waals surface area contributed by atoms with Crippen molar-refractivity contribution in [1.82, 2.24) is 0 Å². The monoisotopic (exact) mass is 250 g/mol. The van der Waals surface area contributed by atoms with Crippen molar-refractivity contribution in [3.8, 4) is 0 Å². The van der Waals surface area contributed by atoms with Gasteiger partial charge in [0.2, 0.25) is 0 Å². The molecule has 0 unspecified atom stereocenters. The molecule has 0 aromatic heterocycles. The van der Waals surface area contributed by atoms with Crippen molar-refractivity contribution in [3.63, 3.8) is 0 Å². The first-order valence-corrected chi connectivity index (χ1v) is 7.30. The topological polar surface area (TPSA) is 37.3 Å². The van der Waals surface area contributed by atoms with E-state index in [1.54, 1.807) is 6.08 Å². The van der Waals surface area contributed by atoms with Crippen molar-refractivity contribution >= 4 is 5.97 Å². The summed E-state index contributed by atoms with van der Waals surface area (Å²) in [6, 6.07) is 0. The molecule has 1 saturated carbocycles. The van der Waals surface area contributed by atoms with Gasteiger partial charge < -0.3 is 5.11 Å². The molecule has 18 heavy (non-hydrogen) atoms. The Hall–Kier alpha value is -1.05. The predicted octanol–water partition coefficient (Wildman–Crippen LogP) is 4.57. The van der Waals surface area contributed by atoms with E-state index in [0.29, 0.717) is 0 Å². The van der Waals surface area contributed by atoms with E-state index < -0.39 is 5.97 Å². The lowest BCUT2D eigenvalue weighted by Crippen LogP contribution is -2.04. The number of carboxylic acid groups (broad SMARTS) is 1. The van der Waals surface area contributed by atoms with Gasteiger partial charge in [-0.25, -0.2) is 4.79 Å². The number of hydrogen-bond donors (Lipinski definition) is 1. The lowest BCUT2D eigenvalue weighted by molar-refractivity contribution is -0.131. The van der Waals surface area contributed by atoms with Crippen LogP contribution in [0.5, 0.6) is 0 Å². The van der Waals surface area contributed by atoms with E-state index in [0.717, 1.165) is 24.7 Å². The second-order valence-electron chi connectivity index (χ2n) is 5.24. The highest BCUT2D eigenvalue weighted by atomic mass is 16.4. The quantitative estimate of drug-likeness (QED) is 0.389. The Balaban J connectivity index is 2.21. The van der Waals surface area contributed by atoms with Gasteiger partial charge in [0.15, 0.2) is 0 Å². The molecule has 1 aliphatic rings. The molecule has 1 fully saturated rings. The zero-order chi connectivity index (χ0) is 13.2. The zero-order valence-corrected chi connectivity index (χ0v) is 11.5. The van der Waals surface area contributed by atoms with E-state index in [-0.39, 0.29) is 0 Å². The maximum Gasteiger partial charge on any atom is 0.327 e. The molecule has 2 heteroatoms. The van der Waals surface area contributed by atoms with Crippen molar-refractivity contribution in [1.29, 1.82) is 0 Å². The minimum Gasteiger partial charge on any atom is -0.478 e. The summed E-state index contributed by atoms with van der Waals surface area (Å²) < 4.78 is 0. The van der Waals surface area contributed by atoms with Gasteiger partial charge in [0.25, 0.3) is 0 Å². The molecule has 102 valence electrons. The summed E-state index contributed by atoms with van der Waals surface area (Å²) in [6.45, 7) is 2.21. The zero-order valence-electron chi connectivity index (χ0n) is 11.5. The first kappa shape index (κ1) is 15.0. The molecule has 0 amide bonds. The number of rotatable bonds is 8. The van der Waals surface area contributed by atoms with Gasteiger partial charge in [-0.3, -0.25) is 0 Å². The Morgan fingerprint density at radius 1 is 1.28 bits per heavy atom. The first-order valence-electron chi connectivity index (χ1n) is 7.30. The van der Waals surface area contributed by atoms with Crippen LogP contribution >= 0.6 is 0 Å². The fourth-order valence-corrected chi connectivity index (χ4v) is 2.80. The van der Waals surface area contributed by atoms with Crippen molar-refractivity contribution in [2.75, 3.05) is 0 Å². The molecule has 0 aromatic rings. The maximum atomic E-state index is 10.3. The third-order valence-corrected chi connectivity index (χ3v) is 3.76. The molecular formula is C16H26O2. The van der Waals surface area contributed by atoms with E-state index in [1.807, 2.05) is 0 Å². The Morgan fingerprint density at radius 3 is 2.83 bits per heavy atom. The Labute approximate surface area is 111 Å². The maximum absolute atomic E-state index is 10.3. The van der Waals surface area contributed by atoms with Crippen LogP contribution < -0.4 is 0 Å². The van der Waals surface area contributed by atoms with Crippen LogP contribution in [-0.2, 0) is 4.79 Å². The normalized spacial score (nSPS) is 24.3. The molecule has 0 saturated heterocycles. The summed E-state index contributed by atoms with van der Waals surface area (Å²) >= 11 is 0. The van der Waals surface area contributed by atoms with Crippen LogP contribution in [0.3, 0.4) is 0 Å². The molecule has 0 bridgehead atoms. The Morgan fingerprint density at radius 2 is 2.11 bits per heavy atom. The minimum absolute atomic E-state index is 0.778. The van der Waals surface area contributed by atoms with E-state index >= 15 is 0 Å². The van der Waals surface area contributed by atoms with Crippen LogP contribution in [0.15, 0.2) is 24.3 Å². The van der Waals surface area contributed by atoms with Crippen LogP contribution in [0, 0.1) is 11.8 Å². The van der Waals surface area contributed by atoms with Gasteiger partial charge in [-0.15, -0.1) is 0 Å². The smallest absolute Gasteiger partial charge is 0.327 e. The molecule has 0 radical (unpaired) electrons. The number of carboxylic acids is 1. The van der Waals surface area contributed by atoms with Crippen LogP contribution in [0.1, 0.15) is 58.3 Å². The van der Waals surface area contributed by atoms with E-state index in [1.165, 1.54) is 44.6 Å². The third-order valence-electron chi connectivity index (χ3n) is 3.76. The lowest BCUT2D eigenvalue weighted by atomic mass is 9.90. The van der Waals surface area contributed by atoms with Gasteiger partial charge >= 0.3 is 5.97 Å². The van der Waals surface area contributed by atoms with Crippen LogP contribution in [0.4, 0.5) is 0 Å². The lowest BCUT2D eigenvalue weighted by Gasteiger charge is -2.15. The van der Waals surface area contributed by atoms with Crippen LogP contribution in [-0.4, -0.2) is 11.1 Å². The average Bonchev–Trinajstić information content (AvgIpc) is 2.76. The summed E-state index contributed by atoms with van der Waals surface area (Å²) in [5, 5.41) is 8.49. The Kier molecular flexibility index (Phi) is 7.47. The standard InChI is InChI=1S/C16H26O2/c1-2-3-5-9-14-11-8-12-15(14)10-6-4-7-13-16(17)18/h5,7,9,13-15H,2-4,6,8,10-12H2,1H3,(H,17,18)/t14-,15-/m0/s1. The SMILES string of the molecule is CCCC=C[C@H]1CCC[C@@H]1CCCC=CC(=O)O. The van der Waals surface area contributed by atoms with Gasteiger partial charge in [-0.1, -0.05) is 38.0 Å². The molecule has 1 aliphatic carbocycles. The summed E-state index contributed by atoms with van der Waals surface area (Å²) in [7, 11) is 0. The fraction of sp³-hybridized carbons (Fsp3) is 0.688. The van der Waals surface area contributed by atoms with Crippen molar-refractivity contribution in [3.05, 3.63) is 24.3 Å². The molecule has 0 aliphatic heterocycles. The second kappa shape index (κ2) is 8.96. The molecule has 2 atom stereocenters. The third kappa shape index (κ3) is 6.04. The van der Waals surface area contributed by atoms with Crippen LogP contribution in [0.2, 0.25) is 0 Å². The number of carbonyl (C=O) groups is 1. The Bertz CT molecular complexity index is 291. The van der Waals surface area contributed by atoms with Gasteiger partial charge in [0.1, 0.15) is 0 Å². The summed E-state index contributed by atoms with van der Waals surface area (Å²) in [4.78, 5) is 10.3. The molecule has 2 nitrogen and oxygen atoms in total. The second-order valence-corrected chi connectivity index (χ2v) is 5.24. The molecular weight excluding hydrogens is 224 g/mol. The number of aliphatic carboxylic acids is 1. The highest BCUT2D eigenvalue weighted by molar-refractivity contribution is 5.79. The van der Waals surface area contributed by atoms with Gasteiger partial charge in [0, 0.05) is 6.08 Å². The number of unbranched alkanes of at least 4 members (excludes halogenated alkanes) is 2. The molecule has 0 spiro atoms. The minimum atomic E-state index is -0.837. The van der Waals surface area contributed by atoms with E-state index in [4.69, 9.17) is 5.11 Å². The first-order chi connectivity index (χ1) is 8.74. The summed E-state index contributed by atoms with van der Waals surface area (Å²) in [6.07, 6.45) is 17.5. The van der Waals surface area contributed by atoms with E-state index in [9.17, 15) is 4.79 Å². The van der Waals surface area contributed by atoms with Crippen LogP contribution in [0.25, 0.3) is 0 Å². The van der Waals surface area contributed by atoms with Gasteiger partial charge in [-0.2, -0.15) is 0 Å². The molecule has 0 aromatic carbocycles. The van der Waals surface area contributed by atoms with Crippen molar-refractivity contribution in [2.24, 2.45) is 11.8 Å². The molecule has 1 rings (SSSR count). The highest BCUT2D eigenvalue weighted by Crippen LogP contribution is 2.36. The summed E-state index contributed by atoms with van der Waals surface area (Å²) in [5.74, 6) is 0.771. The summed E-state index contributed by atoms with van der Waals surface area (Å²) in [5.41, 5.74) is 0. The fourth-order valence-electron chi connectivity index (χ4n) is 2.80. The number of allylic oxidation sites excluding steroid dienone is 3. The number of hydrogen-bond acceptors (Lipinski definition) is 1. The van der Waals surface area contributed by atoms with Gasteiger partial charge in [-0.05, 0) is 50.4 Å². The highest BCUT2D eigenvalue weighted by Gasteiger charge is 2.24. The molecule has 1 N–H and O–H groups in total. The van der Waals surface area contributed by atoms with Gasteiger partial charge in [0.05, 0.1) is 0 Å². The van der Waals surface area contributed by atoms with Crippen molar-refractivity contribution in [2.45, 2.75) is 58.3 Å². The molecule has 0 heterocycles. The average molecular weight is 250 g/mol. The predicted molar refractivity (Wildman–Crippen MR) is 75.5 cm³/mol. The van der Waals surface area contributed by atoms with E-state index in [2.05, 4.69) is 19.1 Å². The van der Waals surface area contributed by atoms with Crippen molar-refractivity contribution < 1.29 is 9.90 Å². The largest absolute Gasteiger partial charge is 0.478 e.